The maximum Gasteiger partial charge on any atom is 0.279 e. The molecule has 0 saturated carbocycles. The SMILES string of the molecule is CCn1c2c(c(=O)n3ncc(C(=O)NCC4CCCO4)c13)CN(C)CC2. The zero-order chi connectivity index (χ0) is 18.3. The van der Waals surface area contributed by atoms with Gasteiger partial charge in [0.1, 0.15) is 5.56 Å². The van der Waals surface area contributed by atoms with Crippen molar-refractivity contribution in [3.8, 4) is 0 Å². The minimum Gasteiger partial charge on any atom is -0.376 e. The van der Waals surface area contributed by atoms with E-state index in [0.29, 0.717) is 30.8 Å². The molecule has 8 nitrogen and oxygen atoms in total. The monoisotopic (exact) mass is 359 g/mol. The smallest absolute Gasteiger partial charge is 0.279 e. The molecule has 8 heteroatoms. The molecule has 2 aliphatic heterocycles. The third-order valence-electron chi connectivity index (χ3n) is 5.36. The normalized spacial score (nSPS) is 20.5. The van der Waals surface area contributed by atoms with E-state index in [9.17, 15) is 9.59 Å². The number of nitrogens with one attached hydrogen (secondary N) is 1. The molecule has 1 N–H and O–H groups in total. The van der Waals surface area contributed by atoms with Crippen LogP contribution in [0.1, 0.15) is 41.4 Å². The summed E-state index contributed by atoms with van der Waals surface area (Å²) in [5.41, 5.74) is 2.72. The minimum atomic E-state index is -0.204. The van der Waals surface area contributed by atoms with Crippen molar-refractivity contribution in [3.63, 3.8) is 0 Å². The lowest BCUT2D eigenvalue weighted by molar-refractivity contribution is 0.0858. The highest BCUT2D eigenvalue weighted by atomic mass is 16.5. The van der Waals surface area contributed by atoms with Gasteiger partial charge in [0, 0.05) is 44.9 Å². The third kappa shape index (κ3) is 2.83. The van der Waals surface area contributed by atoms with Gasteiger partial charge in [0.15, 0.2) is 5.65 Å². The fraction of sp³-hybridized carbons (Fsp3) is 0.611. The van der Waals surface area contributed by atoms with Gasteiger partial charge in [-0.05, 0) is 26.8 Å². The summed E-state index contributed by atoms with van der Waals surface area (Å²) >= 11 is 0. The van der Waals surface area contributed by atoms with Crippen LogP contribution in [0.15, 0.2) is 11.0 Å². The first kappa shape index (κ1) is 17.2. The van der Waals surface area contributed by atoms with Crippen LogP contribution in [0.2, 0.25) is 0 Å². The molecule has 0 spiro atoms. The van der Waals surface area contributed by atoms with Gasteiger partial charge in [0.05, 0.1) is 17.9 Å². The molecule has 4 heterocycles. The number of hydrogen-bond acceptors (Lipinski definition) is 5. The van der Waals surface area contributed by atoms with Gasteiger partial charge in [-0.3, -0.25) is 9.59 Å². The first-order valence-electron chi connectivity index (χ1n) is 9.30. The second-order valence-corrected chi connectivity index (χ2v) is 7.10. The van der Waals surface area contributed by atoms with E-state index in [2.05, 4.69) is 19.9 Å². The van der Waals surface area contributed by atoms with E-state index >= 15 is 0 Å². The Labute approximate surface area is 151 Å². The van der Waals surface area contributed by atoms with Crippen molar-refractivity contribution in [2.45, 2.75) is 45.4 Å². The van der Waals surface area contributed by atoms with Crippen LogP contribution in [0.25, 0.3) is 5.65 Å². The molecule has 0 radical (unpaired) electrons. The number of aryl methyl sites for hydroxylation is 1. The third-order valence-corrected chi connectivity index (χ3v) is 5.36. The Morgan fingerprint density at radius 1 is 1.46 bits per heavy atom. The Hall–Kier alpha value is -2.19. The summed E-state index contributed by atoms with van der Waals surface area (Å²) in [7, 11) is 2.01. The number of nitrogens with zero attached hydrogens (tertiary/aromatic N) is 4. The quantitative estimate of drug-likeness (QED) is 0.855. The van der Waals surface area contributed by atoms with Gasteiger partial charge < -0.3 is 19.5 Å². The molecule has 1 saturated heterocycles. The highest BCUT2D eigenvalue weighted by molar-refractivity contribution is 5.99. The molecular formula is C18H25N5O3. The van der Waals surface area contributed by atoms with Gasteiger partial charge in [0.2, 0.25) is 0 Å². The standard InChI is InChI=1S/C18H25N5O3/c1-3-22-15-6-7-21(2)11-14(15)18(25)23-17(22)13(10-20-23)16(24)19-9-12-5-4-8-26-12/h10,12H,3-9,11H2,1-2H3,(H,19,24). The number of rotatable bonds is 4. The van der Waals surface area contributed by atoms with Crippen LogP contribution < -0.4 is 10.9 Å². The van der Waals surface area contributed by atoms with E-state index in [1.807, 2.05) is 14.0 Å². The van der Waals surface area contributed by atoms with Gasteiger partial charge >= 0.3 is 0 Å². The zero-order valence-corrected chi connectivity index (χ0v) is 15.3. The summed E-state index contributed by atoms with van der Waals surface area (Å²) < 4.78 is 9.01. The van der Waals surface area contributed by atoms with Crippen molar-refractivity contribution in [2.24, 2.45) is 0 Å². The topological polar surface area (TPSA) is 80.9 Å². The number of carbonyl (C=O) groups is 1. The molecule has 0 aromatic carbocycles. The van der Waals surface area contributed by atoms with Gasteiger partial charge in [0.25, 0.3) is 11.5 Å². The highest BCUT2D eigenvalue weighted by Gasteiger charge is 2.26. The van der Waals surface area contributed by atoms with Crippen molar-refractivity contribution >= 4 is 11.6 Å². The predicted octanol–water partition coefficient (Wildman–Crippen LogP) is 0.413. The Bertz CT molecular complexity index is 894. The first-order valence-corrected chi connectivity index (χ1v) is 9.30. The zero-order valence-electron chi connectivity index (χ0n) is 15.3. The molecule has 4 rings (SSSR count). The van der Waals surface area contributed by atoms with Crippen LogP contribution in [0.4, 0.5) is 0 Å². The summed E-state index contributed by atoms with van der Waals surface area (Å²) in [4.78, 5) is 27.8. The Morgan fingerprint density at radius 2 is 2.31 bits per heavy atom. The number of amides is 1. The van der Waals surface area contributed by atoms with Gasteiger partial charge in [-0.1, -0.05) is 0 Å². The summed E-state index contributed by atoms with van der Waals surface area (Å²) in [5.74, 6) is -0.204. The first-order chi connectivity index (χ1) is 12.6. The summed E-state index contributed by atoms with van der Waals surface area (Å²) in [6.45, 7) is 5.48. The minimum absolute atomic E-state index is 0.0810. The molecule has 1 fully saturated rings. The van der Waals surface area contributed by atoms with E-state index in [4.69, 9.17) is 4.74 Å². The van der Waals surface area contributed by atoms with E-state index in [1.54, 1.807) is 0 Å². The molecule has 26 heavy (non-hydrogen) atoms. The van der Waals surface area contributed by atoms with Crippen LogP contribution in [-0.4, -0.2) is 57.8 Å². The molecule has 1 amide bonds. The van der Waals surface area contributed by atoms with Crippen LogP contribution >= 0.6 is 0 Å². The molecule has 140 valence electrons. The van der Waals surface area contributed by atoms with Crippen LogP contribution in [-0.2, 0) is 24.2 Å². The van der Waals surface area contributed by atoms with E-state index in [1.165, 1.54) is 10.7 Å². The molecule has 2 aromatic heterocycles. The summed E-state index contributed by atoms with van der Waals surface area (Å²) in [5, 5.41) is 7.17. The van der Waals surface area contributed by atoms with Crippen LogP contribution in [0, 0.1) is 0 Å². The second-order valence-electron chi connectivity index (χ2n) is 7.10. The number of likely N-dealkylation sites (N-methyl/N-ethyl adjacent to an activating group) is 1. The average Bonchev–Trinajstić information content (AvgIpc) is 3.30. The highest BCUT2D eigenvalue weighted by Crippen LogP contribution is 2.20. The van der Waals surface area contributed by atoms with Crippen LogP contribution in [0.3, 0.4) is 0 Å². The Morgan fingerprint density at radius 3 is 3.04 bits per heavy atom. The fourth-order valence-corrected chi connectivity index (χ4v) is 3.99. The van der Waals surface area contributed by atoms with Gasteiger partial charge in [-0.2, -0.15) is 9.61 Å². The Balaban J connectivity index is 1.73. The Kier molecular flexibility index (Phi) is 4.54. The van der Waals surface area contributed by atoms with Crippen molar-refractivity contribution in [1.29, 1.82) is 0 Å². The maximum atomic E-state index is 12.9. The lowest BCUT2D eigenvalue weighted by Gasteiger charge is -2.27. The molecule has 2 aromatic rings. The van der Waals surface area contributed by atoms with Crippen LogP contribution in [0.5, 0.6) is 0 Å². The number of aromatic nitrogens is 3. The van der Waals surface area contributed by atoms with Crippen molar-refractivity contribution in [1.82, 2.24) is 24.4 Å². The average molecular weight is 359 g/mol. The molecule has 1 atom stereocenters. The van der Waals surface area contributed by atoms with E-state index in [-0.39, 0.29) is 17.6 Å². The largest absolute Gasteiger partial charge is 0.376 e. The number of fused-ring (bicyclic) bond motifs is 2. The predicted molar refractivity (Wildman–Crippen MR) is 96.5 cm³/mol. The summed E-state index contributed by atoms with van der Waals surface area (Å²) in [6, 6.07) is 0. The fourth-order valence-electron chi connectivity index (χ4n) is 3.99. The summed E-state index contributed by atoms with van der Waals surface area (Å²) in [6.07, 6.45) is 4.39. The molecule has 1 unspecified atom stereocenters. The van der Waals surface area contributed by atoms with E-state index < -0.39 is 0 Å². The number of hydrogen-bond donors (Lipinski definition) is 1. The molecule has 0 aliphatic carbocycles. The second kappa shape index (κ2) is 6.85. The van der Waals surface area contributed by atoms with Gasteiger partial charge in [-0.15, -0.1) is 0 Å². The van der Waals surface area contributed by atoms with E-state index in [0.717, 1.165) is 43.7 Å². The molecule has 0 bridgehead atoms. The van der Waals surface area contributed by atoms with Crippen molar-refractivity contribution in [2.75, 3.05) is 26.7 Å². The lowest BCUT2D eigenvalue weighted by atomic mass is 10.1. The lowest BCUT2D eigenvalue weighted by Crippen LogP contribution is -2.37. The molecular weight excluding hydrogens is 334 g/mol. The van der Waals surface area contributed by atoms with Crippen molar-refractivity contribution < 1.29 is 9.53 Å². The maximum absolute atomic E-state index is 12.9. The van der Waals surface area contributed by atoms with Gasteiger partial charge in [-0.25, -0.2) is 0 Å². The molecule has 2 aliphatic rings. The van der Waals surface area contributed by atoms with Crippen molar-refractivity contribution in [3.05, 3.63) is 33.4 Å². The number of ether oxygens (including phenoxy) is 1. The number of carbonyl (C=O) groups excluding carboxylic acids is 1.